The number of benzene rings is 7. The van der Waals surface area contributed by atoms with Crippen LogP contribution in [-0.4, -0.2) is 0 Å². The Morgan fingerprint density at radius 2 is 0.421 bits per heavy atom. The van der Waals surface area contributed by atoms with Gasteiger partial charge in [0.05, 0.1) is 0 Å². The second-order valence-corrected chi connectivity index (χ2v) is 15.8. The van der Waals surface area contributed by atoms with Gasteiger partial charge in [0.25, 0.3) is 0 Å². The highest BCUT2D eigenvalue weighted by Gasteiger charge is 1.97. The largest absolute Gasteiger partial charge is 0.0620 e. The monoisotopic (exact) mass is 755 g/mol. The quantitative estimate of drug-likeness (QED) is 0.157. The normalized spacial score (nSPS) is 9.67. The Balaban J connectivity index is 0.000000240. The second-order valence-electron chi connectivity index (χ2n) is 15.8. The van der Waals surface area contributed by atoms with Crippen LogP contribution in [0, 0.1) is 104 Å². The average Bonchev–Trinajstić information content (AvgIpc) is 3.15. The van der Waals surface area contributed by atoms with E-state index in [0.29, 0.717) is 0 Å². The van der Waals surface area contributed by atoms with E-state index in [1.165, 1.54) is 94.6 Å². The Kier molecular flexibility index (Phi) is 20.9. The van der Waals surface area contributed by atoms with E-state index in [1.54, 1.807) is 0 Å². The summed E-state index contributed by atoms with van der Waals surface area (Å²) in [5, 5.41) is 0. The summed E-state index contributed by atoms with van der Waals surface area (Å²) in [6.45, 7) is 31.9. The van der Waals surface area contributed by atoms with Gasteiger partial charge in [-0.3, -0.25) is 0 Å². The Labute approximate surface area is 348 Å². The highest BCUT2D eigenvalue weighted by Crippen LogP contribution is 2.20. The molecule has 0 aliphatic rings. The molecule has 0 unspecified atom stereocenters. The van der Waals surface area contributed by atoms with E-state index < -0.39 is 0 Å². The minimum Gasteiger partial charge on any atom is -0.0620 e. The van der Waals surface area contributed by atoms with Gasteiger partial charge in [-0.25, -0.2) is 0 Å². The van der Waals surface area contributed by atoms with Crippen LogP contribution in [0.5, 0.6) is 0 Å². The van der Waals surface area contributed by atoms with Gasteiger partial charge >= 0.3 is 0 Å². The van der Waals surface area contributed by atoms with Gasteiger partial charge in [-0.15, -0.1) is 0 Å². The smallest absolute Gasteiger partial charge is 0.0184 e. The fraction of sp³-hybridized carbons (Fsp3) is 0.263. The maximum Gasteiger partial charge on any atom is -0.0184 e. The summed E-state index contributed by atoms with van der Waals surface area (Å²) < 4.78 is 0. The standard InChI is InChI=1S/C14H14.C10H14.C9H12.3C8H10/c1-11-3-7-13(8-4-11)14-9-5-12(2)6-10-14;1-7-5-9(3)10(4)6-8(7)2;1-7-4-8(2)6-9(3)5-7;1-7-3-5-8(2)6-4-7;1-7-4-3-5-8(2)6-7;1-7-5-3-4-6-8(7)2/h3-10H,1-2H3;5-6H,1-4H3;4-6H,1-3H3;3*3-6H,1-2H3. The number of hydrogen-bond acceptors (Lipinski definition) is 0. The van der Waals surface area contributed by atoms with Crippen LogP contribution in [0.1, 0.15) is 83.5 Å². The van der Waals surface area contributed by atoms with E-state index in [4.69, 9.17) is 0 Å². The van der Waals surface area contributed by atoms with Gasteiger partial charge in [-0.05, 0) is 148 Å². The minimum atomic E-state index is 1.29. The van der Waals surface area contributed by atoms with Gasteiger partial charge < -0.3 is 0 Å². The van der Waals surface area contributed by atoms with Gasteiger partial charge in [0.15, 0.2) is 0 Å². The first-order valence-corrected chi connectivity index (χ1v) is 20.2. The zero-order valence-corrected chi connectivity index (χ0v) is 37.9. The van der Waals surface area contributed by atoms with E-state index >= 15 is 0 Å². The van der Waals surface area contributed by atoms with Gasteiger partial charge in [-0.2, -0.15) is 0 Å². The van der Waals surface area contributed by atoms with Crippen molar-refractivity contribution in [3.05, 3.63) is 235 Å². The first-order valence-electron chi connectivity index (χ1n) is 20.2. The number of aryl methyl sites for hydroxylation is 15. The van der Waals surface area contributed by atoms with Crippen LogP contribution in [-0.2, 0) is 0 Å². The van der Waals surface area contributed by atoms with Crippen LogP contribution in [0.25, 0.3) is 11.1 Å². The average molecular weight is 755 g/mol. The number of rotatable bonds is 1. The fourth-order valence-corrected chi connectivity index (χ4v) is 5.91. The SMILES string of the molecule is Cc1cc(C)c(C)cc1C.Cc1cc(C)cc(C)c1.Cc1ccc(-c2ccc(C)cc2)cc1.Cc1ccc(C)cc1.Cc1cccc(C)c1.Cc1ccccc1C. The molecular formula is C57H70. The maximum atomic E-state index is 2.24. The summed E-state index contributed by atoms with van der Waals surface area (Å²) >= 11 is 0. The lowest BCUT2D eigenvalue weighted by atomic mass is 10.0. The second kappa shape index (κ2) is 24.9. The topological polar surface area (TPSA) is 0 Å². The highest BCUT2D eigenvalue weighted by atomic mass is 14.0. The molecule has 7 rings (SSSR count). The van der Waals surface area contributed by atoms with Crippen LogP contribution in [0.15, 0.2) is 152 Å². The molecule has 0 fully saturated rings. The van der Waals surface area contributed by atoms with Crippen LogP contribution in [0.2, 0.25) is 0 Å². The summed E-state index contributed by atoms with van der Waals surface area (Å²) in [6, 6.07) is 53.6. The van der Waals surface area contributed by atoms with Crippen LogP contribution >= 0.6 is 0 Å². The summed E-state index contributed by atoms with van der Waals surface area (Å²) in [6.07, 6.45) is 0. The lowest BCUT2D eigenvalue weighted by Gasteiger charge is -2.04. The lowest BCUT2D eigenvalue weighted by Crippen LogP contribution is -1.86. The molecule has 0 N–H and O–H groups in total. The summed E-state index contributed by atoms with van der Waals surface area (Å²) in [5.41, 5.74) is 22.9. The van der Waals surface area contributed by atoms with E-state index in [-0.39, 0.29) is 0 Å². The molecule has 0 heterocycles. The zero-order valence-electron chi connectivity index (χ0n) is 37.9. The Morgan fingerprint density at radius 1 is 0.175 bits per heavy atom. The highest BCUT2D eigenvalue weighted by molar-refractivity contribution is 5.63. The van der Waals surface area contributed by atoms with Gasteiger partial charge in [0, 0.05) is 0 Å². The first-order chi connectivity index (χ1) is 26.9. The predicted octanol–water partition coefficient (Wildman–Crippen LogP) is 16.4. The summed E-state index contributed by atoms with van der Waals surface area (Å²) in [5.74, 6) is 0. The van der Waals surface area contributed by atoms with Gasteiger partial charge in [0.2, 0.25) is 0 Å². The van der Waals surface area contributed by atoms with Gasteiger partial charge in [-0.1, -0.05) is 202 Å². The molecule has 0 spiro atoms. The Morgan fingerprint density at radius 3 is 0.649 bits per heavy atom. The molecule has 0 heteroatoms. The molecule has 0 radical (unpaired) electrons. The van der Waals surface area contributed by atoms with Crippen molar-refractivity contribution in [3.8, 4) is 11.1 Å². The molecule has 7 aromatic carbocycles. The maximum absolute atomic E-state index is 2.24. The minimum absolute atomic E-state index is 1.29. The molecule has 0 nitrogen and oxygen atoms in total. The molecular weight excluding hydrogens is 685 g/mol. The first kappa shape index (κ1) is 47.7. The van der Waals surface area contributed by atoms with E-state index in [2.05, 4.69) is 256 Å². The van der Waals surface area contributed by atoms with Crippen LogP contribution in [0.4, 0.5) is 0 Å². The molecule has 57 heavy (non-hydrogen) atoms. The number of hydrogen-bond donors (Lipinski definition) is 0. The van der Waals surface area contributed by atoms with Crippen molar-refractivity contribution in [3.63, 3.8) is 0 Å². The Hall–Kier alpha value is -5.46. The van der Waals surface area contributed by atoms with E-state index in [9.17, 15) is 0 Å². The third-order valence-corrected chi connectivity index (χ3v) is 9.73. The van der Waals surface area contributed by atoms with E-state index in [0.717, 1.165) is 0 Å². The lowest BCUT2D eigenvalue weighted by molar-refractivity contribution is 1.24. The van der Waals surface area contributed by atoms with Crippen molar-refractivity contribution in [1.29, 1.82) is 0 Å². The molecule has 0 bridgehead atoms. The molecule has 0 atom stereocenters. The van der Waals surface area contributed by atoms with Crippen molar-refractivity contribution in [1.82, 2.24) is 0 Å². The van der Waals surface area contributed by atoms with Crippen LogP contribution < -0.4 is 0 Å². The molecule has 0 aliphatic carbocycles. The van der Waals surface area contributed by atoms with Crippen molar-refractivity contribution in [2.45, 2.75) is 104 Å². The van der Waals surface area contributed by atoms with Crippen molar-refractivity contribution < 1.29 is 0 Å². The van der Waals surface area contributed by atoms with E-state index in [1.807, 2.05) is 0 Å². The molecule has 0 aliphatic heterocycles. The Bertz CT molecular complexity index is 1990. The molecule has 0 saturated heterocycles. The fourth-order valence-electron chi connectivity index (χ4n) is 5.91. The predicted molar refractivity (Wildman–Crippen MR) is 255 cm³/mol. The summed E-state index contributed by atoms with van der Waals surface area (Å²) in [7, 11) is 0. The molecule has 0 aromatic heterocycles. The molecule has 0 amide bonds. The van der Waals surface area contributed by atoms with Crippen molar-refractivity contribution in [2.24, 2.45) is 0 Å². The molecule has 0 saturated carbocycles. The molecule has 7 aromatic rings. The third kappa shape index (κ3) is 19.8. The van der Waals surface area contributed by atoms with Gasteiger partial charge in [0.1, 0.15) is 0 Å². The van der Waals surface area contributed by atoms with Crippen LogP contribution in [0.3, 0.4) is 0 Å². The zero-order chi connectivity index (χ0) is 42.5. The summed E-state index contributed by atoms with van der Waals surface area (Å²) in [4.78, 5) is 0. The third-order valence-electron chi connectivity index (χ3n) is 9.73. The molecule has 298 valence electrons. The van der Waals surface area contributed by atoms with Crippen molar-refractivity contribution in [2.75, 3.05) is 0 Å². The van der Waals surface area contributed by atoms with Crippen molar-refractivity contribution >= 4 is 0 Å².